The SMILES string of the molecule is CC(CC(N)=O)C(=O)Nc1ccccc1C#N. The van der Waals surface area contributed by atoms with Crippen molar-refractivity contribution in [2.45, 2.75) is 13.3 Å². The van der Waals surface area contributed by atoms with E-state index in [0.29, 0.717) is 11.3 Å². The predicted molar refractivity (Wildman–Crippen MR) is 62.8 cm³/mol. The molecular formula is C12H13N3O2. The molecule has 1 aromatic carbocycles. The van der Waals surface area contributed by atoms with E-state index in [9.17, 15) is 9.59 Å². The van der Waals surface area contributed by atoms with Gasteiger partial charge in [0.1, 0.15) is 6.07 Å². The van der Waals surface area contributed by atoms with Crippen LogP contribution in [-0.4, -0.2) is 11.8 Å². The molecule has 0 radical (unpaired) electrons. The molecule has 5 nitrogen and oxygen atoms in total. The van der Waals surface area contributed by atoms with E-state index in [1.165, 1.54) is 0 Å². The molecule has 2 amide bonds. The Hall–Kier alpha value is -2.35. The van der Waals surface area contributed by atoms with Crippen molar-refractivity contribution in [3.8, 4) is 6.07 Å². The zero-order valence-electron chi connectivity index (χ0n) is 9.43. The fourth-order valence-electron chi connectivity index (χ4n) is 1.34. The number of hydrogen-bond donors (Lipinski definition) is 2. The number of para-hydroxylation sites is 1. The highest BCUT2D eigenvalue weighted by Crippen LogP contribution is 2.15. The third-order valence-electron chi connectivity index (χ3n) is 2.26. The second kappa shape index (κ2) is 5.66. The highest BCUT2D eigenvalue weighted by molar-refractivity contribution is 5.95. The monoisotopic (exact) mass is 231 g/mol. The van der Waals surface area contributed by atoms with Crippen LogP contribution in [0, 0.1) is 17.2 Å². The average molecular weight is 231 g/mol. The van der Waals surface area contributed by atoms with Crippen LogP contribution in [0.1, 0.15) is 18.9 Å². The number of rotatable bonds is 4. The Kier molecular flexibility index (Phi) is 4.23. The molecule has 0 aliphatic carbocycles. The van der Waals surface area contributed by atoms with Gasteiger partial charge in [0.05, 0.1) is 11.3 Å². The molecule has 0 saturated heterocycles. The Bertz CT molecular complexity index is 477. The molecular weight excluding hydrogens is 218 g/mol. The van der Waals surface area contributed by atoms with Crippen LogP contribution >= 0.6 is 0 Å². The Labute approximate surface area is 99.2 Å². The van der Waals surface area contributed by atoms with Crippen LogP contribution in [0.15, 0.2) is 24.3 Å². The van der Waals surface area contributed by atoms with E-state index in [1.807, 2.05) is 6.07 Å². The summed E-state index contributed by atoms with van der Waals surface area (Å²) in [6.07, 6.45) is -0.0133. The van der Waals surface area contributed by atoms with E-state index in [1.54, 1.807) is 31.2 Å². The van der Waals surface area contributed by atoms with Gasteiger partial charge in [-0.2, -0.15) is 5.26 Å². The lowest BCUT2D eigenvalue weighted by Crippen LogP contribution is -2.25. The Balaban J connectivity index is 2.75. The highest BCUT2D eigenvalue weighted by atomic mass is 16.2. The van der Waals surface area contributed by atoms with Crippen LogP contribution in [0.5, 0.6) is 0 Å². The van der Waals surface area contributed by atoms with Gasteiger partial charge < -0.3 is 11.1 Å². The maximum absolute atomic E-state index is 11.7. The van der Waals surface area contributed by atoms with Gasteiger partial charge in [0.15, 0.2) is 0 Å². The summed E-state index contributed by atoms with van der Waals surface area (Å²) >= 11 is 0. The first-order valence-corrected chi connectivity index (χ1v) is 5.13. The van der Waals surface area contributed by atoms with Crippen molar-refractivity contribution in [1.82, 2.24) is 0 Å². The molecule has 0 fully saturated rings. The number of carbonyl (C=O) groups excluding carboxylic acids is 2. The minimum absolute atomic E-state index is 0.0133. The van der Waals surface area contributed by atoms with E-state index >= 15 is 0 Å². The number of hydrogen-bond acceptors (Lipinski definition) is 3. The summed E-state index contributed by atoms with van der Waals surface area (Å²) in [4.78, 5) is 22.4. The molecule has 0 spiro atoms. The Morgan fingerprint density at radius 1 is 1.47 bits per heavy atom. The molecule has 0 heterocycles. The number of benzene rings is 1. The van der Waals surface area contributed by atoms with Crippen LogP contribution in [-0.2, 0) is 9.59 Å². The summed E-state index contributed by atoms with van der Waals surface area (Å²) < 4.78 is 0. The normalized spacial score (nSPS) is 11.3. The van der Waals surface area contributed by atoms with E-state index in [-0.39, 0.29) is 12.3 Å². The van der Waals surface area contributed by atoms with Gasteiger partial charge in [-0.25, -0.2) is 0 Å². The summed E-state index contributed by atoms with van der Waals surface area (Å²) in [5, 5.41) is 11.4. The van der Waals surface area contributed by atoms with Crippen molar-refractivity contribution in [3.05, 3.63) is 29.8 Å². The topological polar surface area (TPSA) is 96.0 Å². The van der Waals surface area contributed by atoms with Crippen molar-refractivity contribution in [2.24, 2.45) is 11.7 Å². The number of nitrogens with zero attached hydrogens (tertiary/aromatic N) is 1. The summed E-state index contributed by atoms with van der Waals surface area (Å²) in [7, 11) is 0. The third kappa shape index (κ3) is 3.61. The average Bonchev–Trinajstić information content (AvgIpc) is 2.28. The molecule has 88 valence electrons. The number of nitrogens with two attached hydrogens (primary N) is 1. The van der Waals surface area contributed by atoms with Gasteiger partial charge in [0, 0.05) is 12.3 Å². The minimum atomic E-state index is -0.527. The molecule has 0 saturated carbocycles. The number of amides is 2. The molecule has 5 heteroatoms. The quantitative estimate of drug-likeness (QED) is 0.809. The lowest BCUT2D eigenvalue weighted by Gasteiger charge is -2.11. The van der Waals surface area contributed by atoms with Crippen molar-refractivity contribution >= 4 is 17.5 Å². The van der Waals surface area contributed by atoms with Crippen LogP contribution in [0.4, 0.5) is 5.69 Å². The fraction of sp³-hybridized carbons (Fsp3) is 0.250. The second-order valence-electron chi connectivity index (χ2n) is 3.72. The first-order chi connectivity index (χ1) is 8.04. The molecule has 1 unspecified atom stereocenters. The lowest BCUT2D eigenvalue weighted by atomic mass is 10.1. The van der Waals surface area contributed by atoms with Gasteiger partial charge in [0.2, 0.25) is 11.8 Å². The van der Waals surface area contributed by atoms with E-state index in [2.05, 4.69) is 5.32 Å². The van der Waals surface area contributed by atoms with Crippen molar-refractivity contribution in [3.63, 3.8) is 0 Å². The zero-order valence-corrected chi connectivity index (χ0v) is 9.43. The molecule has 0 aromatic heterocycles. The van der Waals surface area contributed by atoms with Crippen LogP contribution in [0.25, 0.3) is 0 Å². The number of nitrogens with one attached hydrogen (secondary N) is 1. The van der Waals surface area contributed by atoms with Crippen LogP contribution in [0.3, 0.4) is 0 Å². The van der Waals surface area contributed by atoms with Gasteiger partial charge >= 0.3 is 0 Å². The minimum Gasteiger partial charge on any atom is -0.370 e. The van der Waals surface area contributed by atoms with Crippen LogP contribution in [0.2, 0.25) is 0 Å². The first kappa shape index (κ1) is 12.7. The Morgan fingerprint density at radius 2 is 2.12 bits per heavy atom. The van der Waals surface area contributed by atoms with Crippen molar-refractivity contribution < 1.29 is 9.59 Å². The van der Waals surface area contributed by atoms with Gasteiger partial charge in [-0.05, 0) is 12.1 Å². The number of nitriles is 1. The fourth-order valence-corrected chi connectivity index (χ4v) is 1.34. The van der Waals surface area contributed by atoms with Gasteiger partial charge in [-0.15, -0.1) is 0 Å². The van der Waals surface area contributed by atoms with Crippen molar-refractivity contribution in [2.75, 3.05) is 5.32 Å². The molecule has 0 aliphatic heterocycles. The maximum Gasteiger partial charge on any atom is 0.227 e. The summed E-state index contributed by atoms with van der Waals surface area (Å²) in [6.45, 7) is 1.61. The molecule has 1 atom stereocenters. The predicted octanol–water partition coefficient (Wildman–Crippen LogP) is 1.01. The lowest BCUT2D eigenvalue weighted by molar-refractivity contribution is -0.125. The summed E-state index contributed by atoms with van der Waals surface area (Å²) in [5.41, 5.74) is 5.83. The third-order valence-corrected chi connectivity index (χ3v) is 2.26. The first-order valence-electron chi connectivity index (χ1n) is 5.13. The molecule has 1 rings (SSSR count). The zero-order chi connectivity index (χ0) is 12.8. The largest absolute Gasteiger partial charge is 0.370 e. The summed E-state index contributed by atoms with van der Waals surface area (Å²) in [5.74, 6) is -1.37. The van der Waals surface area contributed by atoms with Gasteiger partial charge in [0.25, 0.3) is 0 Å². The van der Waals surface area contributed by atoms with Crippen molar-refractivity contribution in [1.29, 1.82) is 5.26 Å². The maximum atomic E-state index is 11.7. The van der Waals surface area contributed by atoms with E-state index in [0.717, 1.165) is 0 Å². The number of anilines is 1. The van der Waals surface area contributed by atoms with Crippen LogP contribution < -0.4 is 11.1 Å². The molecule has 17 heavy (non-hydrogen) atoms. The van der Waals surface area contributed by atoms with Gasteiger partial charge in [-0.3, -0.25) is 9.59 Å². The molecule has 1 aromatic rings. The molecule has 0 aliphatic rings. The standard InChI is InChI=1S/C12H13N3O2/c1-8(6-11(14)16)12(17)15-10-5-3-2-4-9(10)7-13/h2-5,8H,6H2,1H3,(H2,14,16)(H,15,17). The summed E-state index contributed by atoms with van der Waals surface area (Å²) in [6, 6.07) is 8.64. The second-order valence-corrected chi connectivity index (χ2v) is 3.72. The smallest absolute Gasteiger partial charge is 0.227 e. The number of primary amides is 1. The number of carbonyl (C=O) groups is 2. The van der Waals surface area contributed by atoms with E-state index in [4.69, 9.17) is 11.0 Å². The van der Waals surface area contributed by atoms with Gasteiger partial charge in [-0.1, -0.05) is 19.1 Å². The highest BCUT2D eigenvalue weighted by Gasteiger charge is 2.16. The molecule has 3 N–H and O–H groups in total. The Morgan fingerprint density at radius 3 is 2.71 bits per heavy atom. The van der Waals surface area contributed by atoms with E-state index < -0.39 is 11.8 Å². The molecule has 0 bridgehead atoms.